The zero-order valence-electron chi connectivity index (χ0n) is 9.56. The van der Waals surface area contributed by atoms with Gasteiger partial charge in [-0.1, -0.05) is 13.8 Å². The van der Waals surface area contributed by atoms with Crippen molar-refractivity contribution in [2.75, 3.05) is 13.1 Å². The lowest BCUT2D eigenvalue weighted by Gasteiger charge is -2.12. The lowest BCUT2D eigenvalue weighted by atomic mass is 10.1. The molecule has 1 rings (SSSR count). The second-order valence-corrected chi connectivity index (χ2v) is 4.27. The average molecular weight is 211 g/mol. The van der Waals surface area contributed by atoms with Crippen LogP contribution in [0.25, 0.3) is 0 Å². The second-order valence-electron chi connectivity index (χ2n) is 4.27. The molecule has 0 saturated heterocycles. The van der Waals surface area contributed by atoms with Gasteiger partial charge in [0, 0.05) is 18.9 Å². The Bertz CT molecular complexity index is 246. The van der Waals surface area contributed by atoms with Crippen molar-refractivity contribution < 1.29 is 5.11 Å². The van der Waals surface area contributed by atoms with E-state index in [1.807, 2.05) is 12.3 Å². The number of aliphatic hydroxyl groups excluding tert-OH is 1. The second kappa shape index (κ2) is 6.58. The van der Waals surface area contributed by atoms with E-state index in [9.17, 15) is 5.11 Å². The van der Waals surface area contributed by atoms with Crippen LogP contribution >= 0.6 is 0 Å². The summed E-state index contributed by atoms with van der Waals surface area (Å²) in [6, 6.07) is 1.86. The van der Waals surface area contributed by atoms with Crippen molar-refractivity contribution in [2.24, 2.45) is 5.92 Å². The van der Waals surface area contributed by atoms with Gasteiger partial charge in [0.25, 0.3) is 0 Å². The molecule has 0 saturated carbocycles. The number of nitrogens with zero attached hydrogens (tertiary/aromatic N) is 2. The summed E-state index contributed by atoms with van der Waals surface area (Å²) in [7, 11) is 0. The lowest BCUT2D eigenvalue weighted by Crippen LogP contribution is -2.31. The molecule has 0 amide bonds. The Balaban J connectivity index is 2.06. The number of rotatable bonds is 7. The first-order valence-corrected chi connectivity index (χ1v) is 5.54. The van der Waals surface area contributed by atoms with Crippen molar-refractivity contribution in [3.63, 3.8) is 0 Å². The van der Waals surface area contributed by atoms with Gasteiger partial charge in [0.15, 0.2) is 0 Å². The third-order valence-electron chi connectivity index (χ3n) is 2.24. The van der Waals surface area contributed by atoms with Crippen LogP contribution in [0.5, 0.6) is 0 Å². The van der Waals surface area contributed by atoms with Crippen molar-refractivity contribution in [3.8, 4) is 0 Å². The van der Waals surface area contributed by atoms with E-state index in [0.717, 1.165) is 13.0 Å². The topological polar surface area (TPSA) is 50.1 Å². The molecule has 0 bridgehead atoms. The number of aromatic nitrogens is 2. The summed E-state index contributed by atoms with van der Waals surface area (Å²) < 4.78 is 1.74. The standard InChI is InChI=1S/C11H21N3O/c1-10(2)4-6-12-8-11(15)9-14-7-3-5-13-14/h3,5,7,10-12,15H,4,6,8-9H2,1-2H3. The van der Waals surface area contributed by atoms with Crippen LogP contribution in [0.3, 0.4) is 0 Å². The van der Waals surface area contributed by atoms with Crippen LogP contribution in [-0.4, -0.2) is 34.1 Å². The molecule has 86 valence electrons. The third kappa shape index (κ3) is 5.54. The molecule has 0 aromatic carbocycles. The minimum absolute atomic E-state index is 0.364. The van der Waals surface area contributed by atoms with Crippen LogP contribution in [0.1, 0.15) is 20.3 Å². The summed E-state index contributed by atoms with van der Waals surface area (Å²) >= 11 is 0. The number of hydrogen-bond donors (Lipinski definition) is 2. The van der Waals surface area contributed by atoms with Crippen LogP contribution in [0.2, 0.25) is 0 Å². The Morgan fingerprint density at radius 1 is 1.47 bits per heavy atom. The van der Waals surface area contributed by atoms with Gasteiger partial charge in [0.2, 0.25) is 0 Å². The first-order chi connectivity index (χ1) is 7.18. The average Bonchev–Trinajstić information content (AvgIpc) is 2.64. The maximum atomic E-state index is 9.66. The van der Waals surface area contributed by atoms with Crippen LogP contribution in [0.4, 0.5) is 0 Å². The molecule has 1 aromatic rings. The predicted molar refractivity (Wildman–Crippen MR) is 60.6 cm³/mol. The summed E-state index contributed by atoms with van der Waals surface area (Å²) in [5.41, 5.74) is 0. The van der Waals surface area contributed by atoms with Crippen LogP contribution < -0.4 is 5.32 Å². The fourth-order valence-corrected chi connectivity index (χ4v) is 1.35. The van der Waals surface area contributed by atoms with E-state index in [1.54, 1.807) is 10.9 Å². The van der Waals surface area contributed by atoms with E-state index in [1.165, 1.54) is 0 Å². The minimum atomic E-state index is -0.364. The number of hydrogen-bond acceptors (Lipinski definition) is 3. The first-order valence-electron chi connectivity index (χ1n) is 5.54. The monoisotopic (exact) mass is 211 g/mol. The van der Waals surface area contributed by atoms with Crippen molar-refractivity contribution in [2.45, 2.75) is 32.9 Å². The zero-order valence-corrected chi connectivity index (χ0v) is 9.56. The lowest BCUT2D eigenvalue weighted by molar-refractivity contribution is 0.146. The van der Waals surface area contributed by atoms with E-state index in [0.29, 0.717) is 19.0 Å². The summed E-state index contributed by atoms with van der Waals surface area (Å²) in [6.45, 7) is 6.55. The Kier molecular flexibility index (Phi) is 5.36. The largest absolute Gasteiger partial charge is 0.390 e. The smallest absolute Gasteiger partial charge is 0.0860 e. The molecular formula is C11H21N3O. The van der Waals surface area contributed by atoms with E-state index in [-0.39, 0.29) is 6.10 Å². The maximum Gasteiger partial charge on any atom is 0.0860 e. The van der Waals surface area contributed by atoms with E-state index < -0.39 is 0 Å². The van der Waals surface area contributed by atoms with Gasteiger partial charge in [0.1, 0.15) is 0 Å². The molecule has 0 aliphatic rings. The Morgan fingerprint density at radius 3 is 2.87 bits per heavy atom. The summed E-state index contributed by atoms with van der Waals surface area (Å²) in [5, 5.41) is 16.9. The van der Waals surface area contributed by atoms with Crippen molar-refractivity contribution >= 4 is 0 Å². The fourth-order valence-electron chi connectivity index (χ4n) is 1.35. The molecule has 4 heteroatoms. The summed E-state index contributed by atoms with van der Waals surface area (Å²) in [4.78, 5) is 0. The molecule has 0 fully saturated rings. The third-order valence-corrected chi connectivity index (χ3v) is 2.24. The molecule has 0 spiro atoms. The van der Waals surface area contributed by atoms with Crippen LogP contribution in [0.15, 0.2) is 18.5 Å². The quantitative estimate of drug-likeness (QED) is 0.658. The molecule has 1 atom stereocenters. The number of nitrogens with one attached hydrogen (secondary N) is 1. The molecule has 1 heterocycles. The molecule has 1 aromatic heterocycles. The van der Waals surface area contributed by atoms with Gasteiger partial charge in [-0.2, -0.15) is 5.10 Å². The predicted octanol–water partition coefficient (Wildman–Crippen LogP) is 0.880. The van der Waals surface area contributed by atoms with Crippen molar-refractivity contribution in [1.29, 1.82) is 0 Å². The Morgan fingerprint density at radius 2 is 2.27 bits per heavy atom. The molecule has 4 nitrogen and oxygen atoms in total. The highest BCUT2D eigenvalue weighted by molar-refractivity contribution is 4.78. The molecule has 0 aliphatic carbocycles. The van der Waals surface area contributed by atoms with E-state index in [4.69, 9.17) is 0 Å². The normalized spacial score (nSPS) is 13.3. The summed E-state index contributed by atoms with van der Waals surface area (Å²) in [5.74, 6) is 0.709. The molecular weight excluding hydrogens is 190 g/mol. The highest BCUT2D eigenvalue weighted by Gasteiger charge is 2.04. The highest BCUT2D eigenvalue weighted by atomic mass is 16.3. The van der Waals surface area contributed by atoms with Gasteiger partial charge >= 0.3 is 0 Å². The van der Waals surface area contributed by atoms with Gasteiger partial charge < -0.3 is 10.4 Å². The van der Waals surface area contributed by atoms with Gasteiger partial charge in [-0.25, -0.2) is 0 Å². The summed E-state index contributed by atoms with van der Waals surface area (Å²) in [6.07, 6.45) is 4.36. The van der Waals surface area contributed by atoms with E-state index >= 15 is 0 Å². The fraction of sp³-hybridized carbons (Fsp3) is 0.727. The Labute approximate surface area is 91.3 Å². The van der Waals surface area contributed by atoms with Crippen LogP contribution in [0, 0.1) is 5.92 Å². The van der Waals surface area contributed by atoms with Gasteiger partial charge in [-0.15, -0.1) is 0 Å². The zero-order chi connectivity index (χ0) is 11.1. The molecule has 0 radical (unpaired) electrons. The Hall–Kier alpha value is -0.870. The maximum absolute atomic E-state index is 9.66. The molecule has 0 aliphatic heterocycles. The van der Waals surface area contributed by atoms with Gasteiger partial charge in [-0.3, -0.25) is 4.68 Å². The minimum Gasteiger partial charge on any atom is -0.390 e. The molecule has 1 unspecified atom stereocenters. The van der Waals surface area contributed by atoms with E-state index in [2.05, 4.69) is 24.3 Å². The van der Waals surface area contributed by atoms with Crippen LogP contribution in [-0.2, 0) is 6.54 Å². The first kappa shape index (κ1) is 12.2. The molecule has 15 heavy (non-hydrogen) atoms. The SMILES string of the molecule is CC(C)CCNCC(O)Cn1cccn1. The van der Waals surface area contributed by atoms with Gasteiger partial charge in [0.05, 0.1) is 12.6 Å². The highest BCUT2D eigenvalue weighted by Crippen LogP contribution is 1.96. The number of aliphatic hydroxyl groups is 1. The van der Waals surface area contributed by atoms with Gasteiger partial charge in [-0.05, 0) is 24.9 Å². The van der Waals surface area contributed by atoms with Crippen molar-refractivity contribution in [1.82, 2.24) is 15.1 Å². The molecule has 2 N–H and O–H groups in total. The van der Waals surface area contributed by atoms with Crippen molar-refractivity contribution in [3.05, 3.63) is 18.5 Å².